The largest absolute Gasteiger partial charge is 0.334 e. The Hall–Kier alpha value is -2.33. The number of amides is 2. The molecule has 0 saturated carbocycles. The first-order valence-corrected chi connectivity index (χ1v) is 9.11. The average molecular weight is 337 g/mol. The number of urea groups is 1. The molecule has 1 unspecified atom stereocenters. The highest BCUT2D eigenvalue weighted by molar-refractivity contribution is 5.74. The summed E-state index contributed by atoms with van der Waals surface area (Å²) in [4.78, 5) is 14.7. The van der Waals surface area contributed by atoms with E-state index in [2.05, 4.69) is 33.7 Å². The molecule has 25 heavy (non-hydrogen) atoms. The van der Waals surface area contributed by atoms with Gasteiger partial charge in [0.05, 0.1) is 6.04 Å². The lowest BCUT2D eigenvalue weighted by molar-refractivity contribution is 0.237. The highest BCUT2D eigenvalue weighted by Gasteiger charge is 2.14. The average Bonchev–Trinajstić information content (AvgIpc) is 3.15. The lowest BCUT2D eigenvalue weighted by Crippen LogP contribution is -2.36. The van der Waals surface area contributed by atoms with Crippen LogP contribution in [0.5, 0.6) is 0 Å². The number of benzene rings is 2. The topological polar surface area (TPSA) is 44.4 Å². The van der Waals surface area contributed by atoms with E-state index in [9.17, 15) is 4.79 Å². The summed E-state index contributed by atoms with van der Waals surface area (Å²) in [6.45, 7) is 5.88. The van der Waals surface area contributed by atoms with Gasteiger partial charge in [-0.1, -0.05) is 54.6 Å². The molecule has 1 aliphatic heterocycles. The highest BCUT2D eigenvalue weighted by Crippen LogP contribution is 2.16. The SMILES string of the molecule is CC(NC(=O)NCc1ccccc1CN1CCCC1)c1ccccc1. The fourth-order valence-corrected chi connectivity index (χ4v) is 3.31. The van der Waals surface area contributed by atoms with Gasteiger partial charge < -0.3 is 10.6 Å². The number of hydrogen-bond donors (Lipinski definition) is 2. The summed E-state index contributed by atoms with van der Waals surface area (Å²) in [5, 5.41) is 5.99. The number of nitrogens with one attached hydrogen (secondary N) is 2. The van der Waals surface area contributed by atoms with Gasteiger partial charge in [0.2, 0.25) is 0 Å². The van der Waals surface area contributed by atoms with Gasteiger partial charge in [0.1, 0.15) is 0 Å². The molecule has 1 saturated heterocycles. The summed E-state index contributed by atoms with van der Waals surface area (Å²) >= 11 is 0. The van der Waals surface area contributed by atoms with Crippen molar-refractivity contribution in [3.05, 3.63) is 71.3 Å². The van der Waals surface area contributed by atoms with Gasteiger partial charge in [-0.25, -0.2) is 4.79 Å². The molecule has 1 fully saturated rings. The van der Waals surface area contributed by atoms with Gasteiger partial charge in [0, 0.05) is 13.1 Å². The second-order valence-electron chi connectivity index (χ2n) is 6.71. The third kappa shape index (κ3) is 5.07. The Balaban J connectivity index is 1.53. The van der Waals surface area contributed by atoms with Crippen molar-refractivity contribution in [2.45, 2.75) is 38.9 Å². The minimum Gasteiger partial charge on any atom is -0.334 e. The van der Waals surface area contributed by atoms with Crippen LogP contribution in [0.25, 0.3) is 0 Å². The van der Waals surface area contributed by atoms with E-state index in [0.717, 1.165) is 12.1 Å². The molecular formula is C21H27N3O. The van der Waals surface area contributed by atoms with Crippen molar-refractivity contribution >= 4 is 6.03 Å². The van der Waals surface area contributed by atoms with Crippen molar-refractivity contribution < 1.29 is 4.79 Å². The molecule has 1 heterocycles. The molecule has 1 atom stereocenters. The molecule has 2 aromatic rings. The Kier molecular flexibility index (Phi) is 6.07. The second-order valence-corrected chi connectivity index (χ2v) is 6.71. The molecule has 0 radical (unpaired) electrons. The number of nitrogens with zero attached hydrogens (tertiary/aromatic N) is 1. The normalized spacial score (nSPS) is 15.7. The van der Waals surface area contributed by atoms with Crippen LogP contribution in [-0.4, -0.2) is 24.0 Å². The highest BCUT2D eigenvalue weighted by atomic mass is 16.2. The van der Waals surface area contributed by atoms with E-state index in [1.807, 2.05) is 43.3 Å². The van der Waals surface area contributed by atoms with E-state index < -0.39 is 0 Å². The minimum absolute atomic E-state index is 0.0129. The monoisotopic (exact) mass is 337 g/mol. The summed E-state index contributed by atoms with van der Waals surface area (Å²) in [6, 6.07) is 18.2. The molecule has 3 rings (SSSR count). The van der Waals surface area contributed by atoms with Gasteiger partial charge >= 0.3 is 6.03 Å². The zero-order valence-corrected chi connectivity index (χ0v) is 14.9. The Morgan fingerprint density at radius 3 is 2.36 bits per heavy atom. The summed E-state index contributed by atoms with van der Waals surface area (Å²) < 4.78 is 0. The van der Waals surface area contributed by atoms with Gasteiger partial charge in [-0.2, -0.15) is 0 Å². The van der Waals surface area contributed by atoms with Crippen molar-refractivity contribution in [3.8, 4) is 0 Å². The third-order valence-electron chi connectivity index (χ3n) is 4.80. The van der Waals surface area contributed by atoms with Gasteiger partial charge in [0.15, 0.2) is 0 Å². The number of carbonyl (C=O) groups is 1. The second kappa shape index (κ2) is 8.67. The Labute approximate surface area is 150 Å². The van der Waals surface area contributed by atoms with Crippen LogP contribution in [-0.2, 0) is 13.1 Å². The maximum absolute atomic E-state index is 12.2. The fraction of sp³-hybridized carbons (Fsp3) is 0.381. The maximum Gasteiger partial charge on any atom is 0.315 e. The molecular weight excluding hydrogens is 310 g/mol. The first kappa shape index (κ1) is 17.5. The number of rotatable bonds is 6. The number of likely N-dealkylation sites (tertiary alicyclic amines) is 1. The summed E-state index contributed by atoms with van der Waals surface area (Å²) in [7, 11) is 0. The van der Waals surface area contributed by atoms with Crippen molar-refractivity contribution in [2.24, 2.45) is 0 Å². The molecule has 4 nitrogen and oxygen atoms in total. The van der Waals surface area contributed by atoms with Crippen LogP contribution < -0.4 is 10.6 Å². The molecule has 0 spiro atoms. The predicted octanol–water partition coefficient (Wildman–Crippen LogP) is 3.84. The zero-order valence-electron chi connectivity index (χ0n) is 14.9. The maximum atomic E-state index is 12.2. The van der Waals surface area contributed by atoms with Crippen molar-refractivity contribution in [1.29, 1.82) is 0 Å². The summed E-state index contributed by atoms with van der Waals surface area (Å²) in [5.74, 6) is 0. The van der Waals surface area contributed by atoms with Crippen LogP contribution in [0.15, 0.2) is 54.6 Å². The standard InChI is InChI=1S/C21H27N3O/c1-17(18-9-3-2-4-10-18)23-21(25)22-15-19-11-5-6-12-20(19)16-24-13-7-8-14-24/h2-6,9-12,17H,7-8,13-16H2,1H3,(H2,22,23,25). The van der Waals surface area contributed by atoms with E-state index in [-0.39, 0.29) is 12.1 Å². The predicted molar refractivity (Wildman–Crippen MR) is 101 cm³/mol. The minimum atomic E-state index is -0.132. The van der Waals surface area contributed by atoms with Crippen LogP contribution in [0, 0.1) is 0 Å². The van der Waals surface area contributed by atoms with Crippen LogP contribution in [0.2, 0.25) is 0 Å². The molecule has 1 aliphatic rings. The van der Waals surface area contributed by atoms with Crippen LogP contribution in [0.1, 0.15) is 42.5 Å². The number of carbonyl (C=O) groups excluding carboxylic acids is 1. The van der Waals surface area contributed by atoms with Crippen molar-refractivity contribution in [2.75, 3.05) is 13.1 Å². The Morgan fingerprint density at radius 1 is 1.00 bits per heavy atom. The van der Waals surface area contributed by atoms with Crippen molar-refractivity contribution in [3.63, 3.8) is 0 Å². The van der Waals surface area contributed by atoms with Crippen LogP contribution in [0.3, 0.4) is 0 Å². The lowest BCUT2D eigenvalue weighted by Gasteiger charge is -2.18. The van der Waals surface area contributed by atoms with Gasteiger partial charge in [-0.05, 0) is 49.5 Å². The van der Waals surface area contributed by atoms with E-state index in [4.69, 9.17) is 0 Å². The molecule has 0 aliphatic carbocycles. The molecule has 2 N–H and O–H groups in total. The van der Waals surface area contributed by atoms with E-state index >= 15 is 0 Å². The lowest BCUT2D eigenvalue weighted by atomic mass is 10.1. The van der Waals surface area contributed by atoms with E-state index in [0.29, 0.717) is 6.54 Å². The quantitative estimate of drug-likeness (QED) is 0.841. The molecule has 132 valence electrons. The van der Waals surface area contributed by atoms with Gasteiger partial charge in [-0.3, -0.25) is 4.90 Å². The van der Waals surface area contributed by atoms with E-state index in [1.165, 1.54) is 37.1 Å². The molecule has 0 bridgehead atoms. The molecule has 4 heteroatoms. The fourth-order valence-electron chi connectivity index (χ4n) is 3.31. The Morgan fingerprint density at radius 2 is 1.64 bits per heavy atom. The first-order valence-electron chi connectivity index (χ1n) is 9.11. The van der Waals surface area contributed by atoms with Crippen LogP contribution in [0.4, 0.5) is 4.79 Å². The first-order chi connectivity index (χ1) is 12.2. The molecule has 2 amide bonds. The summed E-state index contributed by atoms with van der Waals surface area (Å²) in [6.07, 6.45) is 2.58. The smallest absolute Gasteiger partial charge is 0.315 e. The Bertz CT molecular complexity index is 681. The number of hydrogen-bond acceptors (Lipinski definition) is 2. The van der Waals surface area contributed by atoms with E-state index in [1.54, 1.807) is 0 Å². The zero-order chi connectivity index (χ0) is 17.5. The summed E-state index contributed by atoms with van der Waals surface area (Å²) in [5.41, 5.74) is 3.60. The third-order valence-corrected chi connectivity index (χ3v) is 4.80. The van der Waals surface area contributed by atoms with Gasteiger partial charge in [0.25, 0.3) is 0 Å². The molecule has 2 aromatic carbocycles. The van der Waals surface area contributed by atoms with Gasteiger partial charge in [-0.15, -0.1) is 0 Å². The van der Waals surface area contributed by atoms with Crippen LogP contribution >= 0.6 is 0 Å². The molecule has 0 aromatic heterocycles. The van der Waals surface area contributed by atoms with Crippen molar-refractivity contribution in [1.82, 2.24) is 15.5 Å².